The van der Waals surface area contributed by atoms with E-state index in [1.807, 2.05) is 28.8 Å². The number of benzene rings is 2. The van der Waals surface area contributed by atoms with Crippen LogP contribution in [0.1, 0.15) is 40.0 Å². The van der Waals surface area contributed by atoms with Crippen LogP contribution in [0.3, 0.4) is 0 Å². The van der Waals surface area contributed by atoms with Gasteiger partial charge in [-0.05, 0) is 88.6 Å². The molecule has 0 radical (unpaired) electrons. The lowest BCUT2D eigenvalue weighted by Gasteiger charge is -2.21. The minimum absolute atomic E-state index is 0.0716. The van der Waals surface area contributed by atoms with Crippen LogP contribution in [-0.2, 0) is 29.2 Å². The highest BCUT2D eigenvalue weighted by atomic mass is 79.9. The summed E-state index contributed by atoms with van der Waals surface area (Å²) in [5.74, 6) is -0.168. The molecule has 10 heteroatoms. The van der Waals surface area contributed by atoms with Crippen LogP contribution < -0.4 is 10.9 Å². The molecule has 2 aliphatic carbocycles. The van der Waals surface area contributed by atoms with Crippen molar-refractivity contribution in [2.24, 2.45) is 0 Å². The second kappa shape index (κ2) is 9.66. The highest BCUT2D eigenvalue weighted by molar-refractivity contribution is 9.10. The van der Waals surface area contributed by atoms with Crippen LogP contribution in [0.15, 0.2) is 84.2 Å². The van der Waals surface area contributed by atoms with Gasteiger partial charge in [0.05, 0.1) is 20.8 Å². The number of pyridine rings is 1. The summed E-state index contributed by atoms with van der Waals surface area (Å²) in [7, 11) is -3.99. The molecule has 0 atom stereocenters. The van der Waals surface area contributed by atoms with Gasteiger partial charge in [0.25, 0.3) is 11.5 Å². The topological polar surface area (TPSA) is 101 Å². The Balaban J connectivity index is 1.52. The Morgan fingerprint density at radius 3 is 2.42 bits per heavy atom. The van der Waals surface area contributed by atoms with Crippen molar-refractivity contribution in [2.75, 3.05) is 0 Å². The molecule has 4 aromatic rings. The summed E-state index contributed by atoms with van der Waals surface area (Å²) < 4.78 is 30.2. The average Bonchev–Trinajstić information content (AvgIpc) is 3.67. The van der Waals surface area contributed by atoms with Crippen molar-refractivity contribution in [3.63, 3.8) is 0 Å². The lowest BCUT2D eigenvalue weighted by Crippen LogP contribution is -2.28. The number of halogens is 2. The van der Waals surface area contributed by atoms with Gasteiger partial charge in [-0.3, -0.25) is 9.59 Å². The summed E-state index contributed by atoms with van der Waals surface area (Å²) in [6.07, 6.45) is 3.05. The Hall–Kier alpha value is -2.95. The van der Waals surface area contributed by atoms with Crippen LogP contribution in [0, 0.1) is 0 Å². The molecule has 2 aromatic carbocycles. The fraction of sp³-hybridized carbons (Fsp3) is 0.214. The molecule has 1 saturated carbocycles. The van der Waals surface area contributed by atoms with Gasteiger partial charge in [-0.2, -0.15) is 0 Å². The Bertz CT molecular complexity index is 1740. The number of nitrogens with zero attached hydrogens (tertiary/aromatic N) is 1. The maximum Gasteiger partial charge on any atom is 0.269 e. The number of aryl methyl sites for hydroxylation is 1. The third-order valence-corrected chi connectivity index (χ3v) is 10.2. The normalized spacial score (nSPS) is 14.6. The molecule has 7 nitrogen and oxygen atoms in total. The molecule has 0 bridgehead atoms. The van der Waals surface area contributed by atoms with E-state index in [9.17, 15) is 18.0 Å². The third-order valence-electron chi connectivity index (χ3n) is 6.99. The highest BCUT2D eigenvalue weighted by Gasteiger charge is 2.34. The maximum atomic E-state index is 13.4. The van der Waals surface area contributed by atoms with E-state index in [4.69, 9.17) is 0 Å². The van der Waals surface area contributed by atoms with Gasteiger partial charge in [0.15, 0.2) is 0 Å². The van der Waals surface area contributed by atoms with E-state index in [2.05, 4.69) is 42.2 Å². The zero-order chi connectivity index (χ0) is 26.6. The van der Waals surface area contributed by atoms with Gasteiger partial charge >= 0.3 is 0 Å². The SMILES string of the molecule is O=C(NC1CC1)c1c(Br)c2c(n1Cc1ccc(Br)cc1)-c1[nH]c(=O)c(S(=O)(=O)c3ccccc3)cc1CC2. The molecule has 2 aliphatic rings. The molecule has 0 spiro atoms. The first-order valence-electron chi connectivity index (χ1n) is 12.3. The van der Waals surface area contributed by atoms with E-state index < -0.39 is 15.4 Å². The molecule has 6 rings (SSSR count). The first-order chi connectivity index (χ1) is 18.2. The Morgan fingerprint density at radius 1 is 1.03 bits per heavy atom. The number of carbonyl (C=O) groups excluding carboxylic acids is 1. The predicted molar refractivity (Wildman–Crippen MR) is 151 cm³/mol. The van der Waals surface area contributed by atoms with Gasteiger partial charge in [0.2, 0.25) is 9.84 Å². The minimum atomic E-state index is -3.99. The van der Waals surface area contributed by atoms with E-state index in [0.717, 1.165) is 39.7 Å². The molecule has 1 amide bonds. The molecule has 2 heterocycles. The van der Waals surface area contributed by atoms with Crippen molar-refractivity contribution in [3.05, 3.63) is 102 Å². The standard InChI is InChI=1S/C28H23Br2N3O4S/c29-18-9-6-16(7-10-18)15-33-25-21(23(30)26(33)28(35)31-19-11-12-19)13-8-17-14-22(27(34)32-24(17)25)38(36,37)20-4-2-1-3-5-20/h1-7,9-10,14,19H,8,11-13,15H2,(H,31,35)(H,32,34). The van der Waals surface area contributed by atoms with E-state index in [1.54, 1.807) is 18.2 Å². The summed E-state index contributed by atoms with van der Waals surface area (Å²) >= 11 is 7.16. The smallest absolute Gasteiger partial charge is 0.269 e. The number of aromatic amines is 1. The number of aromatic nitrogens is 2. The largest absolute Gasteiger partial charge is 0.348 e. The van der Waals surface area contributed by atoms with Crippen molar-refractivity contribution in [3.8, 4) is 11.4 Å². The zero-order valence-corrected chi connectivity index (χ0v) is 24.1. The van der Waals surface area contributed by atoms with E-state index in [-0.39, 0.29) is 21.7 Å². The first-order valence-corrected chi connectivity index (χ1v) is 15.3. The summed E-state index contributed by atoms with van der Waals surface area (Å²) in [5, 5.41) is 3.09. The Kier molecular flexibility index (Phi) is 6.44. The molecule has 2 aromatic heterocycles. The number of nitrogens with one attached hydrogen (secondary N) is 2. The number of carbonyl (C=O) groups is 1. The van der Waals surface area contributed by atoms with Crippen molar-refractivity contribution in [2.45, 2.75) is 48.1 Å². The number of hydrogen-bond acceptors (Lipinski definition) is 4. The van der Waals surface area contributed by atoms with Crippen LogP contribution in [0.25, 0.3) is 11.4 Å². The second-order valence-electron chi connectivity index (χ2n) is 9.63. The maximum absolute atomic E-state index is 13.4. The van der Waals surface area contributed by atoms with E-state index in [1.165, 1.54) is 18.2 Å². The number of fused-ring (bicyclic) bond motifs is 3. The zero-order valence-electron chi connectivity index (χ0n) is 20.1. The lowest BCUT2D eigenvalue weighted by molar-refractivity contribution is 0.0941. The van der Waals surface area contributed by atoms with Crippen molar-refractivity contribution in [1.82, 2.24) is 14.9 Å². The number of H-pyrrole nitrogens is 1. The summed E-state index contributed by atoms with van der Waals surface area (Å²) in [5.41, 5.74) is 3.72. The van der Waals surface area contributed by atoms with E-state index >= 15 is 0 Å². The predicted octanol–water partition coefficient (Wildman–Crippen LogP) is 5.24. The van der Waals surface area contributed by atoms with Gasteiger partial charge in [0, 0.05) is 17.1 Å². The fourth-order valence-corrected chi connectivity index (χ4v) is 7.34. The Morgan fingerprint density at radius 2 is 1.74 bits per heavy atom. The van der Waals surface area contributed by atoms with Crippen LogP contribution in [-0.4, -0.2) is 29.9 Å². The number of rotatable bonds is 6. The molecule has 0 saturated heterocycles. The van der Waals surface area contributed by atoms with Crippen molar-refractivity contribution < 1.29 is 13.2 Å². The molecular formula is C28H23Br2N3O4S. The highest BCUT2D eigenvalue weighted by Crippen LogP contribution is 2.41. The quantitative estimate of drug-likeness (QED) is 0.296. The molecule has 1 fully saturated rings. The first kappa shape index (κ1) is 25.3. The fourth-order valence-electron chi connectivity index (χ4n) is 4.93. The van der Waals surface area contributed by atoms with Gasteiger partial charge < -0.3 is 14.9 Å². The molecule has 0 unspecified atom stereocenters. The molecule has 194 valence electrons. The van der Waals surface area contributed by atoms with Crippen LogP contribution in [0.2, 0.25) is 0 Å². The van der Waals surface area contributed by atoms with Gasteiger partial charge in [-0.25, -0.2) is 8.42 Å². The molecule has 2 N–H and O–H groups in total. The molecule has 0 aliphatic heterocycles. The number of amides is 1. The number of sulfone groups is 1. The number of hydrogen-bond donors (Lipinski definition) is 2. The van der Waals surface area contributed by atoms with Crippen LogP contribution in [0.5, 0.6) is 0 Å². The third kappa shape index (κ3) is 4.48. The summed E-state index contributed by atoms with van der Waals surface area (Å²) in [4.78, 5) is 29.3. The second-order valence-corrected chi connectivity index (χ2v) is 13.3. The van der Waals surface area contributed by atoms with Crippen LogP contribution in [0.4, 0.5) is 0 Å². The van der Waals surface area contributed by atoms with E-state index in [0.29, 0.717) is 35.2 Å². The van der Waals surface area contributed by atoms with Crippen molar-refractivity contribution >= 4 is 47.6 Å². The lowest BCUT2D eigenvalue weighted by atomic mass is 9.94. The minimum Gasteiger partial charge on any atom is -0.348 e. The van der Waals surface area contributed by atoms with Gasteiger partial charge in [-0.1, -0.05) is 46.3 Å². The summed E-state index contributed by atoms with van der Waals surface area (Å²) in [6, 6.07) is 17.5. The van der Waals surface area contributed by atoms with Crippen LogP contribution >= 0.6 is 31.9 Å². The Labute approximate surface area is 236 Å². The average molecular weight is 657 g/mol. The molecule has 38 heavy (non-hydrogen) atoms. The van der Waals surface area contributed by atoms with Crippen molar-refractivity contribution in [1.29, 1.82) is 0 Å². The van der Waals surface area contributed by atoms with Gasteiger partial charge in [-0.15, -0.1) is 0 Å². The summed E-state index contributed by atoms with van der Waals surface area (Å²) in [6.45, 7) is 0.403. The monoisotopic (exact) mass is 655 g/mol. The van der Waals surface area contributed by atoms with Gasteiger partial charge in [0.1, 0.15) is 10.6 Å². The molecular weight excluding hydrogens is 634 g/mol.